The minimum absolute atomic E-state index is 0.0255. The second-order valence-electron chi connectivity index (χ2n) is 7.83. The van der Waals surface area contributed by atoms with Gasteiger partial charge in [0, 0.05) is 12.6 Å². The average Bonchev–Trinajstić information content (AvgIpc) is 2.81. The number of carbonyl (C=O) groups is 1. The van der Waals surface area contributed by atoms with E-state index in [-0.39, 0.29) is 17.4 Å². The van der Waals surface area contributed by atoms with Gasteiger partial charge in [-0.1, -0.05) is 6.92 Å². The van der Waals surface area contributed by atoms with Crippen LogP contribution in [0.15, 0.2) is 47.4 Å². The normalized spacial score (nSPS) is 15.7. The zero-order valence-corrected chi connectivity index (χ0v) is 18.6. The van der Waals surface area contributed by atoms with E-state index in [0.29, 0.717) is 36.0 Å². The minimum atomic E-state index is -3.78. The van der Waals surface area contributed by atoms with Gasteiger partial charge in [-0.25, -0.2) is 8.42 Å². The molecule has 30 heavy (non-hydrogen) atoms. The summed E-state index contributed by atoms with van der Waals surface area (Å²) in [4.78, 5) is 14.6. The molecule has 1 amide bonds. The largest absolute Gasteiger partial charge is 0.494 e. The Hall–Kier alpha value is -2.74. The van der Waals surface area contributed by atoms with E-state index < -0.39 is 15.4 Å². The zero-order chi connectivity index (χ0) is 21.9. The van der Waals surface area contributed by atoms with Gasteiger partial charge >= 0.3 is 0 Å². The molecule has 1 aliphatic heterocycles. The van der Waals surface area contributed by atoms with Crippen molar-refractivity contribution in [1.82, 2.24) is 0 Å². The highest BCUT2D eigenvalue weighted by Gasteiger charge is 2.37. The SMILES string of the molecule is CCCOc1ccc(S(=O)(=O)Nc2ccc3c(c2)OCC(C)(C)C(=O)N3CC)cc1. The summed E-state index contributed by atoms with van der Waals surface area (Å²) in [5.74, 6) is 1.07. The molecule has 8 heteroatoms. The Kier molecular flexibility index (Phi) is 6.26. The monoisotopic (exact) mass is 432 g/mol. The Labute approximate surface area is 178 Å². The molecule has 1 heterocycles. The average molecular weight is 433 g/mol. The lowest BCUT2D eigenvalue weighted by molar-refractivity contribution is -0.127. The topological polar surface area (TPSA) is 84.9 Å². The molecule has 162 valence electrons. The fourth-order valence-corrected chi connectivity index (χ4v) is 4.22. The van der Waals surface area contributed by atoms with Crippen LogP contribution in [0.5, 0.6) is 11.5 Å². The van der Waals surface area contributed by atoms with Crippen molar-refractivity contribution in [3.8, 4) is 11.5 Å². The van der Waals surface area contributed by atoms with Gasteiger partial charge in [0.15, 0.2) is 0 Å². The van der Waals surface area contributed by atoms with Crippen molar-refractivity contribution in [3.05, 3.63) is 42.5 Å². The fraction of sp³-hybridized carbons (Fsp3) is 0.409. The quantitative estimate of drug-likeness (QED) is 0.714. The molecule has 2 aromatic carbocycles. The summed E-state index contributed by atoms with van der Waals surface area (Å²) in [5, 5.41) is 0. The van der Waals surface area contributed by atoms with Gasteiger partial charge in [0.25, 0.3) is 10.0 Å². The molecule has 0 radical (unpaired) electrons. The third kappa shape index (κ3) is 4.53. The van der Waals surface area contributed by atoms with E-state index >= 15 is 0 Å². The Morgan fingerprint density at radius 2 is 1.83 bits per heavy atom. The second-order valence-corrected chi connectivity index (χ2v) is 9.51. The summed E-state index contributed by atoms with van der Waals surface area (Å²) in [6, 6.07) is 11.2. The Morgan fingerprint density at radius 1 is 1.13 bits per heavy atom. The number of nitrogens with zero attached hydrogens (tertiary/aromatic N) is 1. The molecule has 3 rings (SSSR count). The lowest BCUT2D eigenvalue weighted by atomic mass is 9.93. The van der Waals surface area contributed by atoms with Crippen LogP contribution in [0.4, 0.5) is 11.4 Å². The standard InChI is InChI=1S/C22H28N2O5S/c1-5-13-28-17-8-10-18(11-9-17)30(26,27)23-16-7-12-19-20(14-16)29-15-22(3,4)21(25)24(19)6-2/h7-12,14,23H,5-6,13,15H2,1-4H3. The summed E-state index contributed by atoms with van der Waals surface area (Å²) < 4.78 is 39.5. The first-order valence-electron chi connectivity index (χ1n) is 10.0. The molecule has 0 spiro atoms. The van der Waals surface area contributed by atoms with Gasteiger partial charge in [-0.05, 0) is 63.6 Å². The summed E-state index contributed by atoms with van der Waals surface area (Å²) in [7, 11) is -3.78. The molecule has 0 aromatic heterocycles. The molecule has 0 atom stereocenters. The van der Waals surface area contributed by atoms with Crippen LogP contribution in [-0.2, 0) is 14.8 Å². The van der Waals surface area contributed by atoms with Gasteiger partial charge in [-0.15, -0.1) is 0 Å². The smallest absolute Gasteiger partial charge is 0.261 e. The van der Waals surface area contributed by atoms with Crippen molar-refractivity contribution in [2.75, 3.05) is 29.4 Å². The number of carbonyl (C=O) groups excluding carboxylic acids is 1. The van der Waals surface area contributed by atoms with E-state index in [1.807, 2.05) is 27.7 Å². The van der Waals surface area contributed by atoms with Crippen LogP contribution in [0, 0.1) is 5.41 Å². The molecule has 0 saturated heterocycles. The lowest BCUT2D eigenvalue weighted by Gasteiger charge is -2.26. The van der Waals surface area contributed by atoms with Crippen LogP contribution >= 0.6 is 0 Å². The zero-order valence-electron chi connectivity index (χ0n) is 17.8. The molecular formula is C22H28N2O5S. The highest BCUT2D eigenvalue weighted by molar-refractivity contribution is 7.92. The van der Waals surface area contributed by atoms with Crippen molar-refractivity contribution in [2.45, 2.75) is 39.0 Å². The lowest BCUT2D eigenvalue weighted by Crippen LogP contribution is -2.42. The first kappa shape index (κ1) is 22.0. The van der Waals surface area contributed by atoms with E-state index in [1.165, 1.54) is 12.1 Å². The molecule has 0 aliphatic carbocycles. The van der Waals surface area contributed by atoms with E-state index in [0.717, 1.165) is 6.42 Å². The Balaban J connectivity index is 1.84. The molecule has 2 aromatic rings. The van der Waals surface area contributed by atoms with Crippen molar-refractivity contribution < 1.29 is 22.7 Å². The van der Waals surface area contributed by atoms with Crippen molar-refractivity contribution >= 4 is 27.3 Å². The number of anilines is 2. The van der Waals surface area contributed by atoms with Crippen LogP contribution in [-0.4, -0.2) is 34.1 Å². The molecule has 0 fully saturated rings. The molecule has 0 saturated carbocycles. The number of benzene rings is 2. The number of sulfonamides is 1. The number of amides is 1. The van der Waals surface area contributed by atoms with Crippen molar-refractivity contribution in [3.63, 3.8) is 0 Å². The number of hydrogen-bond acceptors (Lipinski definition) is 5. The van der Waals surface area contributed by atoms with Gasteiger partial charge in [-0.3, -0.25) is 9.52 Å². The van der Waals surface area contributed by atoms with Gasteiger partial charge in [0.05, 0.1) is 28.3 Å². The van der Waals surface area contributed by atoms with E-state index in [2.05, 4.69) is 4.72 Å². The van der Waals surface area contributed by atoms with Crippen LogP contribution in [0.25, 0.3) is 0 Å². The molecule has 1 aliphatic rings. The van der Waals surface area contributed by atoms with E-state index in [9.17, 15) is 13.2 Å². The van der Waals surface area contributed by atoms with Crippen LogP contribution in [0.3, 0.4) is 0 Å². The first-order chi connectivity index (χ1) is 14.2. The number of nitrogens with one attached hydrogen (secondary N) is 1. The highest BCUT2D eigenvalue weighted by atomic mass is 32.2. The van der Waals surface area contributed by atoms with Gasteiger partial charge in [0.1, 0.15) is 18.1 Å². The summed E-state index contributed by atoms with van der Waals surface area (Å²) in [6.07, 6.45) is 0.875. The maximum atomic E-state index is 12.8. The van der Waals surface area contributed by atoms with Gasteiger partial charge in [-0.2, -0.15) is 0 Å². The minimum Gasteiger partial charge on any atom is -0.494 e. The summed E-state index contributed by atoms with van der Waals surface area (Å²) in [6.45, 7) is 8.86. The molecule has 0 unspecified atom stereocenters. The maximum absolute atomic E-state index is 12.8. The summed E-state index contributed by atoms with van der Waals surface area (Å²) >= 11 is 0. The second kappa shape index (κ2) is 8.55. The number of fused-ring (bicyclic) bond motifs is 1. The van der Waals surface area contributed by atoms with E-state index in [4.69, 9.17) is 9.47 Å². The van der Waals surface area contributed by atoms with Crippen LogP contribution in [0.2, 0.25) is 0 Å². The fourth-order valence-electron chi connectivity index (χ4n) is 3.17. The number of rotatable bonds is 7. The Bertz CT molecular complexity index is 1020. The summed E-state index contributed by atoms with van der Waals surface area (Å²) in [5.41, 5.74) is 0.327. The predicted octanol–water partition coefficient (Wildman–Crippen LogP) is 4.05. The molecule has 7 nitrogen and oxygen atoms in total. The van der Waals surface area contributed by atoms with Crippen molar-refractivity contribution in [1.29, 1.82) is 0 Å². The number of ether oxygens (including phenoxy) is 2. The Morgan fingerprint density at radius 3 is 2.47 bits per heavy atom. The molecule has 0 bridgehead atoms. The third-order valence-electron chi connectivity index (χ3n) is 4.84. The van der Waals surface area contributed by atoms with Gasteiger partial charge in [0.2, 0.25) is 5.91 Å². The predicted molar refractivity (Wildman–Crippen MR) is 117 cm³/mol. The van der Waals surface area contributed by atoms with Crippen LogP contribution < -0.4 is 19.1 Å². The maximum Gasteiger partial charge on any atom is 0.261 e. The van der Waals surface area contributed by atoms with Crippen LogP contribution in [0.1, 0.15) is 34.1 Å². The highest BCUT2D eigenvalue weighted by Crippen LogP contribution is 2.38. The van der Waals surface area contributed by atoms with Gasteiger partial charge < -0.3 is 14.4 Å². The molecular weight excluding hydrogens is 404 g/mol. The molecule has 1 N–H and O–H groups in total. The first-order valence-corrected chi connectivity index (χ1v) is 11.5. The third-order valence-corrected chi connectivity index (χ3v) is 6.24. The van der Waals surface area contributed by atoms with E-state index in [1.54, 1.807) is 35.2 Å². The number of hydrogen-bond donors (Lipinski definition) is 1. The van der Waals surface area contributed by atoms with Crippen molar-refractivity contribution in [2.24, 2.45) is 5.41 Å².